The van der Waals surface area contributed by atoms with Crippen molar-refractivity contribution in [3.8, 4) is 5.75 Å². The second-order valence-electron chi connectivity index (χ2n) is 4.68. The van der Waals surface area contributed by atoms with Crippen LogP contribution in [-0.2, 0) is 4.74 Å². The second-order valence-corrected chi connectivity index (χ2v) is 5.08. The first-order valence-electron chi connectivity index (χ1n) is 6.38. The van der Waals surface area contributed by atoms with Crippen molar-refractivity contribution in [1.82, 2.24) is 0 Å². The summed E-state index contributed by atoms with van der Waals surface area (Å²) in [5.74, 6) is 1.26. The number of methoxy groups -OCH3 is 1. The predicted molar refractivity (Wildman–Crippen MR) is 73.1 cm³/mol. The fourth-order valence-electron chi connectivity index (χ4n) is 2.22. The van der Waals surface area contributed by atoms with Crippen LogP contribution in [0.3, 0.4) is 0 Å². The van der Waals surface area contributed by atoms with E-state index in [9.17, 15) is 0 Å². The van der Waals surface area contributed by atoms with Gasteiger partial charge in [0.1, 0.15) is 5.75 Å². The number of halogens is 1. The van der Waals surface area contributed by atoms with Crippen LogP contribution in [0.15, 0.2) is 18.2 Å². The summed E-state index contributed by atoms with van der Waals surface area (Å²) < 4.78 is 11.0. The number of nitrogens with two attached hydrogens (primary N) is 1. The molecule has 1 saturated carbocycles. The molecular formula is C14H20ClNO2. The Balaban J connectivity index is 2.18. The van der Waals surface area contributed by atoms with Gasteiger partial charge >= 0.3 is 0 Å². The molecule has 0 spiro atoms. The van der Waals surface area contributed by atoms with Crippen molar-refractivity contribution >= 4 is 11.6 Å². The Labute approximate surface area is 113 Å². The third-order valence-electron chi connectivity index (χ3n) is 3.36. The predicted octanol–water partition coefficient (Wildman–Crippen LogP) is 3.16. The maximum Gasteiger partial charge on any atom is 0.137 e. The first-order valence-corrected chi connectivity index (χ1v) is 6.75. The van der Waals surface area contributed by atoms with Crippen molar-refractivity contribution in [2.24, 2.45) is 11.7 Å². The molecule has 2 rings (SSSR count). The largest absolute Gasteiger partial charge is 0.495 e. The van der Waals surface area contributed by atoms with Crippen LogP contribution < -0.4 is 10.5 Å². The zero-order valence-electron chi connectivity index (χ0n) is 10.9. The molecule has 0 radical (unpaired) electrons. The summed E-state index contributed by atoms with van der Waals surface area (Å²) in [6.07, 6.45) is 2.52. The van der Waals surface area contributed by atoms with Crippen molar-refractivity contribution in [1.29, 1.82) is 0 Å². The third kappa shape index (κ3) is 2.97. The lowest BCUT2D eigenvalue weighted by atomic mass is 9.98. The van der Waals surface area contributed by atoms with Gasteiger partial charge in [0.25, 0.3) is 0 Å². The molecule has 1 aromatic rings. The minimum absolute atomic E-state index is 0.0980. The molecule has 0 heterocycles. The Bertz CT molecular complexity index is 407. The minimum Gasteiger partial charge on any atom is -0.495 e. The molecule has 1 aliphatic rings. The molecule has 1 aliphatic carbocycles. The van der Waals surface area contributed by atoms with Gasteiger partial charge in [-0.2, -0.15) is 0 Å². The highest BCUT2D eigenvalue weighted by Gasteiger charge is 2.36. The van der Waals surface area contributed by atoms with Crippen LogP contribution in [0.2, 0.25) is 5.02 Å². The lowest BCUT2D eigenvalue weighted by Gasteiger charge is -2.24. The van der Waals surface area contributed by atoms with Gasteiger partial charge in [-0.25, -0.2) is 0 Å². The number of ether oxygens (including phenoxy) is 2. The lowest BCUT2D eigenvalue weighted by molar-refractivity contribution is 0.0282. The fraction of sp³-hybridized carbons (Fsp3) is 0.571. The fourth-order valence-corrected chi connectivity index (χ4v) is 2.42. The van der Waals surface area contributed by atoms with Crippen LogP contribution in [0.5, 0.6) is 5.75 Å². The minimum atomic E-state index is -0.122. The summed E-state index contributed by atoms with van der Waals surface area (Å²) in [6.45, 7) is 2.70. The Morgan fingerprint density at radius 1 is 1.44 bits per heavy atom. The molecule has 18 heavy (non-hydrogen) atoms. The van der Waals surface area contributed by atoms with E-state index in [0.29, 0.717) is 23.3 Å². The van der Waals surface area contributed by atoms with Gasteiger partial charge in [0.05, 0.1) is 24.3 Å². The topological polar surface area (TPSA) is 44.5 Å². The molecule has 0 amide bonds. The van der Waals surface area contributed by atoms with E-state index in [0.717, 1.165) is 5.56 Å². The Morgan fingerprint density at radius 2 is 2.17 bits per heavy atom. The van der Waals surface area contributed by atoms with E-state index >= 15 is 0 Å². The van der Waals surface area contributed by atoms with Crippen molar-refractivity contribution in [2.75, 3.05) is 13.7 Å². The highest BCUT2D eigenvalue weighted by molar-refractivity contribution is 6.32. The monoisotopic (exact) mass is 269 g/mol. The van der Waals surface area contributed by atoms with Gasteiger partial charge in [-0.1, -0.05) is 17.7 Å². The molecule has 100 valence electrons. The van der Waals surface area contributed by atoms with E-state index in [1.807, 2.05) is 25.1 Å². The number of rotatable bonds is 6. The third-order valence-corrected chi connectivity index (χ3v) is 3.67. The summed E-state index contributed by atoms with van der Waals surface area (Å²) >= 11 is 6.02. The van der Waals surface area contributed by atoms with Crippen molar-refractivity contribution in [3.05, 3.63) is 28.8 Å². The van der Waals surface area contributed by atoms with E-state index in [1.165, 1.54) is 12.8 Å². The standard InChI is InChI=1S/C14H20ClNO2/c1-3-18-14(9-4-5-9)13(16)10-6-7-11(15)12(8-10)17-2/h6-9,13-14H,3-5,16H2,1-2H3. The van der Waals surface area contributed by atoms with E-state index < -0.39 is 0 Å². The Hall–Kier alpha value is -0.770. The van der Waals surface area contributed by atoms with Crippen molar-refractivity contribution in [3.63, 3.8) is 0 Å². The van der Waals surface area contributed by atoms with Crippen LogP contribution in [0.25, 0.3) is 0 Å². The van der Waals surface area contributed by atoms with Crippen LogP contribution >= 0.6 is 11.6 Å². The number of hydrogen-bond donors (Lipinski definition) is 1. The highest BCUT2D eigenvalue weighted by atomic mass is 35.5. The lowest BCUT2D eigenvalue weighted by Crippen LogP contribution is -2.31. The summed E-state index contributed by atoms with van der Waals surface area (Å²) in [5.41, 5.74) is 7.33. The maximum absolute atomic E-state index is 6.32. The molecule has 4 heteroatoms. The molecule has 0 saturated heterocycles. The molecule has 0 bridgehead atoms. The molecule has 1 fully saturated rings. The molecule has 0 aromatic heterocycles. The van der Waals surface area contributed by atoms with Gasteiger partial charge in [-0.15, -0.1) is 0 Å². The van der Waals surface area contributed by atoms with Gasteiger partial charge in [-0.05, 0) is 43.4 Å². The van der Waals surface area contributed by atoms with Crippen LogP contribution in [0.4, 0.5) is 0 Å². The van der Waals surface area contributed by atoms with Crippen molar-refractivity contribution in [2.45, 2.75) is 31.9 Å². The summed E-state index contributed by atoms with van der Waals surface area (Å²) in [7, 11) is 1.61. The molecule has 0 aliphatic heterocycles. The zero-order valence-corrected chi connectivity index (χ0v) is 11.6. The molecule has 2 atom stereocenters. The average Bonchev–Trinajstić information content (AvgIpc) is 3.20. The molecule has 1 aromatic carbocycles. The van der Waals surface area contributed by atoms with Crippen LogP contribution in [-0.4, -0.2) is 19.8 Å². The molecule has 2 N–H and O–H groups in total. The zero-order chi connectivity index (χ0) is 13.1. The summed E-state index contributed by atoms with van der Waals surface area (Å²) in [4.78, 5) is 0. The van der Waals surface area contributed by atoms with Gasteiger partial charge in [0.15, 0.2) is 0 Å². The Morgan fingerprint density at radius 3 is 2.72 bits per heavy atom. The average molecular weight is 270 g/mol. The smallest absolute Gasteiger partial charge is 0.137 e. The van der Waals surface area contributed by atoms with E-state index in [4.69, 9.17) is 26.8 Å². The quantitative estimate of drug-likeness (QED) is 0.863. The maximum atomic E-state index is 6.32. The van der Waals surface area contributed by atoms with Gasteiger partial charge in [0.2, 0.25) is 0 Å². The molecule has 2 unspecified atom stereocenters. The molecule has 3 nitrogen and oxygen atoms in total. The first kappa shape index (κ1) is 13.7. The van der Waals surface area contributed by atoms with Crippen LogP contribution in [0.1, 0.15) is 31.4 Å². The summed E-state index contributed by atoms with van der Waals surface area (Å²) in [5, 5.41) is 0.604. The normalized spacial score (nSPS) is 18.4. The highest BCUT2D eigenvalue weighted by Crippen LogP contribution is 2.40. The molecular weight excluding hydrogens is 250 g/mol. The van der Waals surface area contributed by atoms with E-state index in [1.54, 1.807) is 7.11 Å². The number of benzene rings is 1. The Kier molecular flexibility index (Phi) is 4.49. The first-order chi connectivity index (χ1) is 8.67. The number of hydrogen-bond acceptors (Lipinski definition) is 3. The van der Waals surface area contributed by atoms with Gasteiger partial charge in [0, 0.05) is 6.61 Å². The van der Waals surface area contributed by atoms with Crippen LogP contribution in [0, 0.1) is 5.92 Å². The SMILES string of the molecule is CCOC(C1CC1)C(N)c1ccc(Cl)c(OC)c1. The van der Waals surface area contributed by atoms with Crippen molar-refractivity contribution < 1.29 is 9.47 Å². The van der Waals surface area contributed by atoms with E-state index in [-0.39, 0.29) is 12.1 Å². The van der Waals surface area contributed by atoms with Gasteiger partial charge in [-0.3, -0.25) is 0 Å². The second kappa shape index (κ2) is 5.91. The summed E-state index contributed by atoms with van der Waals surface area (Å²) in [6, 6.07) is 5.56. The van der Waals surface area contributed by atoms with E-state index in [2.05, 4.69) is 0 Å². The van der Waals surface area contributed by atoms with Gasteiger partial charge < -0.3 is 15.2 Å².